The Labute approximate surface area is 156 Å². The molecule has 0 aliphatic heterocycles. The third-order valence-electron chi connectivity index (χ3n) is 4.28. The van der Waals surface area contributed by atoms with E-state index in [1.165, 1.54) is 0 Å². The van der Waals surface area contributed by atoms with Gasteiger partial charge in [-0.25, -0.2) is 4.68 Å². The van der Waals surface area contributed by atoms with Crippen LogP contribution in [0.4, 0.5) is 0 Å². The summed E-state index contributed by atoms with van der Waals surface area (Å²) in [6, 6.07) is 7.96. The number of nitrogens with zero attached hydrogens (tertiary/aromatic N) is 2. The van der Waals surface area contributed by atoms with E-state index in [2.05, 4.69) is 26.3 Å². The molecule has 1 aliphatic carbocycles. The van der Waals surface area contributed by atoms with Crippen molar-refractivity contribution in [2.24, 2.45) is 11.7 Å². The standard InChI is InChI=1S/C17H21BrN4O.ClH/c1-2-16-14(17(23)21-15(9-19)11-3-4-11)10-20-22(16)13-7-5-12(18)6-8-13;/h5-8,10-11,15H,2-4,9,19H2,1H3,(H,21,23);1H. The van der Waals surface area contributed by atoms with Crippen LogP contribution in [0.5, 0.6) is 0 Å². The molecule has 1 aromatic carbocycles. The predicted octanol–water partition coefficient (Wildman–Crippen LogP) is 3.09. The summed E-state index contributed by atoms with van der Waals surface area (Å²) in [4.78, 5) is 12.6. The van der Waals surface area contributed by atoms with Crippen LogP contribution in [-0.4, -0.2) is 28.3 Å². The van der Waals surface area contributed by atoms with E-state index in [9.17, 15) is 4.79 Å². The SMILES string of the molecule is CCc1c(C(=O)NC(CN)C2CC2)cnn1-c1ccc(Br)cc1.Cl. The number of hydrogen-bond donors (Lipinski definition) is 2. The number of aromatic nitrogens is 2. The van der Waals surface area contributed by atoms with Gasteiger partial charge in [0.25, 0.3) is 5.91 Å². The quantitative estimate of drug-likeness (QED) is 0.764. The summed E-state index contributed by atoms with van der Waals surface area (Å²) in [5.74, 6) is 0.461. The molecule has 0 spiro atoms. The minimum atomic E-state index is -0.0763. The number of amides is 1. The normalized spacial score (nSPS) is 14.8. The molecule has 1 saturated carbocycles. The van der Waals surface area contributed by atoms with Gasteiger partial charge in [-0.3, -0.25) is 4.79 Å². The first-order valence-electron chi connectivity index (χ1n) is 7.97. The van der Waals surface area contributed by atoms with Crippen molar-refractivity contribution in [3.8, 4) is 5.69 Å². The highest BCUT2D eigenvalue weighted by Crippen LogP contribution is 2.32. The lowest BCUT2D eigenvalue weighted by atomic mass is 10.1. The van der Waals surface area contributed by atoms with Gasteiger partial charge in [0.1, 0.15) is 0 Å². The number of rotatable bonds is 6. The second-order valence-electron chi connectivity index (χ2n) is 5.90. The topological polar surface area (TPSA) is 72.9 Å². The highest BCUT2D eigenvalue weighted by atomic mass is 79.9. The maximum absolute atomic E-state index is 12.6. The first kappa shape index (κ1) is 19.0. The van der Waals surface area contributed by atoms with E-state index in [0.29, 0.717) is 18.0 Å². The molecule has 1 amide bonds. The minimum absolute atomic E-state index is 0. The van der Waals surface area contributed by atoms with Gasteiger partial charge in [-0.05, 0) is 49.4 Å². The number of carbonyl (C=O) groups excluding carboxylic acids is 1. The van der Waals surface area contributed by atoms with Crippen molar-refractivity contribution < 1.29 is 4.79 Å². The molecule has 1 atom stereocenters. The molecule has 1 fully saturated rings. The molecule has 130 valence electrons. The summed E-state index contributed by atoms with van der Waals surface area (Å²) >= 11 is 3.43. The molecule has 1 aliphatic rings. The fraction of sp³-hybridized carbons (Fsp3) is 0.412. The van der Waals surface area contributed by atoms with Crippen molar-refractivity contribution in [3.63, 3.8) is 0 Å². The molecule has 7 heteroatoms. The van der Waals surface area contributed by atoms with Gasteiger partial charge in [0.2, 0.25) is 0 Å². The molecule has 0 radical (unpaired) electrons. The minimum Gasteiger partial charge on any atom is -0.348 e. The maximum Gasteiger partial charge on any atom is 0.255 e. The average molecular weight is 414 g/mol. The molecular weight excluding hydrogens is 392 g/mol. The van der Waals surface area contributed by atoms with E-state index in [-0.39, 0.29) is 24.4 Å². The second-order valence-corrected chi connectivity index (χ2v) is 6.82. The first-order chi connectivity index (χ1) is 11.1. The van der Waals surface area contributed by atoms with Crippen molar-refractivity contribution in [2.75, 3.05) is 6.54 Å². The van der Waals surface area contributed by atoms with Crippen LogP contribution in [0.1, 0.15) is 35.8 Å². The summed E-state index contributed by atoms with van der Waals surface area (Å²) in [6.45, 7) is 2.52. The van der Waals surface area contributed by atoms with E-state index < -0.39 is 0 Å². The second kappa shape index (κ2) is 8.14. The molecule has 3 N–H and O–H groups in total. The van der Waals surface area contributed by atoms with Crippen LogP contribution in [0, 0.1) is 5.92 Å². The molecule has 5 nitrogen and oxygen atoms in total. The van der Waals surface area contributed by atoms with Crippen LogP contribution in [0.15, 0.2) is 34.9 Å². The van der Waals surface area contributed by atoms with E-state index in [1.807, 2.05) is 35.9 Å². The third kappa shape index (κ3) is 3.99. The van der Waals surface area contributed by atoms with Crippen LogP contribution >= 0.6 is 28.3 Å². The van der Waals surface area contributed by atoms with Gasteiger partial charge in [-0.1, -0.05) is 22.9 Å². The molecule has 1 heterocycles. The number of nitrogens with two attached hydrogens (primary N) is 1. The zero-order chi connectivity index (χ0) is 16.4. The summed E-state index contributed by atoms with van der Waals surface area (Å²) in [5.41, 5.74) is 8.27. The number of benzene rings is 1. The lowest BCUT2D eigenvalue weighted by Crippen LogP contribution is -2.41. The van der Waals surface area contributed by atoms with Gasteiger partial charge in [0.05, 0.1) is 23.1 Å². The summed E-state index contributed by atoms with van der Waals surface area (Å²) in [7, 11) is 0. The van der Waals surface area contributed by atoms with E-state index in [0.717, 1.165) is 35.1 Å². The van der Waals surface area contributed by atoms with Crippen molar-refractivity contribution >= 4 is 34.2 Å². The highest BCUT2D eigenvalue weighted by molar-refractivity contribution is 9.10. The van der Waals surface area contributed by atoms with Gasteiger partial charge < -0.3 is 11.1 Å². The van der Waals surface area contributed by atoms with Gasteiger partial charge >= 0.3 is 0 Å². The Bertz CT molecular complexity index is 697. The molecule has 3 rings (SSSR count). The lowest BCUT2D eigenvalue weighted by molar-refractivity contribution is 0.0932. The Morgan fingerprint density at radius 2 is 2.08 bits per heavy atom. The van der Waals surface area contributed by atoms with Crippen molar-refractivity contribution in [1.82, 2.24) is 15.1 Å². The molecule has 1 unspecified atom stereocenters. The Balaban J connectivity index is 0.00000208. The van der Waals surface area contributed by atoms with Crippen LogP contribution in [-0.2, 0) is 6.42 Å². The molecular formula is C17H22BrClN4O. The lowest BCUT2D eigenvalue weighted by Gasteiger charge is -2.16. The summed E-state index contributed by atoms with van der Waals surface area (Å²) < 4.78 is 2.84. The van der Waals surface area contributed by atoms with Gasteiger partial charge in [0.15, 0.2) is 0 Å². The van der Waals surface area contributed by atoms with Crippen LogP contribution in [0.3, 0.4) is 0 Å². The zero-order valence-corrected chi connectivity index (χ0v) is 15.9. The zero-order valence-electron chi connectivity index (χ0n) is 13.5. The monoisotopic (exact) mass is 412 g/mol. The van der Waals surface area contributed by atoms with Crippen LogP contribution < -0.4 is 11.1 Å². The number of halogens is 2. The Kier molecular flexibility index (Phi) is 6.43. The van der Waals surface area contributed by atoms with E-state index in [1.54, 1.807) is 6.20 Å². The fourth-order valence-corrected chi connectivity index (χ4v) is 3.09. The van der Waals surface area contributed by atoms with Crippen molar-refractivity contribution in [3.05, 3.63) is 46.2 Å². The number of carbonyl (C=O) groups is 1. The molecule has 1 aromatic heterocycles. The van der Waals surface area contributed by atoms with Crippen LogP contribution in [0.2, 0.25) is 0 Å². The smallest absolute Gasteiger partial charge is 0.255 e. The summed E-state index contributed by atoms with van der Waals surface area (Å²) in [5, 5.41) is 7.48. The largest absolute Gasteiger partial charge is 0.348 e. The number of hydrogen-bond acceptors (Lipinski definition) is 3. The van der Waals surface area contributed by atoms with Crippen molar-refractivity contribution in [2.45, 2.75) is 32.2 Å². The Hall–Kier alpha value is -1.37. The molecule has 0 bridgehead atoms. The van der Waals surface area contributed by atoms with E-state index in [4.69, 9.17) is 5.73 Å². The third-order valence-corrected chi connectivity index (χ3v) is 4.81. The van der Waals surface area contributed by atoms with Gasteiger partial charge in [0, 0.05) is 17.1 Å². The molecule has 24 heavy (non-hydrogen) atoms. The first-order valence-corrected chi connectivity index (χ1v) is 8.77. The van der Waals surface area contributed by atoms with Gasteiger partial charge in [-0.15, -0.1) is 12.4 Å². The summed E-state index contributed by atoms with van der Waals surface area (Å²) in [6.07, 6.45) is 4.69. The average Bonchev–Trinajstić information content (AvgIpc) is 3.31. The van der Waals surface area contributed by atoms with Crippen molar-refractivity contribution in [1.29, 1.82) is 0 Å². The Morgan fingerprint density at radius 3 is 2.62 bits per heavy atom. The van der Waals surface area contributed by atoms with Gasteiger partial charge in [-0.2, -0.15) is 5.10 Å². The maximum atomic E-state index is 12.6. The molecule has 2 aromatic rings. The number of nitrogens with one attached hydrogen (secondary N) is 1. The van der Waals surface area contributed by atoms with E-state index >= 15 is 0 Å². The van der Waals surface area contributed by atoms with Crippen LogP contribution in [0.25, 0.3) is 5.69 Å². The fourth-order valence-electron chi connectivity index (χ4n) is 2.82. The predicted molar refractivity (Wildman–Crippen MR) is 101 cm³/mol. The Morgan fingerprint density at radius 1 is 1.42 bits per heavy atom. The highest BCUT2D eigenvalue weighted by Gasteiger charge is 2.32. The molecule has 0 saturated heterocycles.